The number of nitrogens with one attached hydrogen (secondary N) is 1. The molecule has 2 aromatic rings. The Bertz CT molecular complexity index is 1080. The zero-order valence-corrected chi connectivity index (χ0v) is 18.5. The Labute approximate surface area is 191 Å². The van der Waals surface area contributed by atoms with Gasteiger partial charge in [0.15, 0.2) is 11.5 Å². The number of morpholine rings is 1. The van der Waals surface area contributed by atoms with Crippen LogP contribution in [0.25, 0.3) is 0 Å². The number of benzene rings is 1. The molecule has 3 aliphatic heterocycles. The summed E-state index contributed by atoms with van der Waals surface area (Å²) in [4.78, 5) is 30.4. The number of aromatic nitrogens is 1. The summed E-state index contributed by atoms with van der Waals surface area (Å²) in [6.45, 7) is 5.91. The maximum absolute atomic E-state index is 12.8. The molecule has 0 saturated carbocycles. The molecule has 4 heterocycles. The molecule has 1 N–H and O–H groups in total. The molecule has 0 unspecified atom stereocenters. The molecule has 10 nitrogen and oxygen atoms in total. The number of methoxy groups -OCH3 is 1. The molecule has 1 fully saturated rings. The third-order valence-corrected chi connectivity index (χ3v) is 5.77. The van der Waals surface area contributed by atoms with Crippen LogP contribution in [-0.2, 0) is 4.74 Å². The number of aliphatic imine (C=N–C) groups is 2. The molecule has 5 rings (SSSR count). The van der Waals surface area contributed by atoms with Crippen molar-refractivity contribution in [3.05, 3.63) is 47.8 Å². The summed E-state index contributed by atoms with van der Waals surface area (Å²) in [7, 11) is 1.59. The van der Waals surface area contributed by atoms with Gasteiger partial charge >= 0.3 is 0 Å². The molecule has 0 bridgehead atoms. The normalized spacial score (nSPS) is 17.5. The lowest BCUT2D eigenvalue weighted by atomic mass is 10.1. The number of amides is 1. The minimum Gasteiger partial charge on any atom is -0.491 e. The van der Waals surface area contributed by atoms with Gasteiger partial charge in [-0.15, -0.1) is 0 Å². The van der Waals surface area contributed by atoms with E-state index in [9.17, 15) is 4.79 Å². The Hall–Kier alpha value is -3.50. The molecule has 0 aliphatic carbocycles. The maximum Gasteiger partial charge on any atom is 0.259 e. The quantitative estimate of drug-likeness (QED) is 0.708. The van der Waals surface area contributed by atoms with E-state index in [4.69, 9.17) is 19.2 Å². The summed E-state index contributed by atoms with van der Waals surface area (Å²) in [6.07, 6.45) is 3.15. The Kier molecular flexibility index (Phi) is 6.18. The average molecular weight is 450 g/mol. The van der Waals surface area contributed by atoms with Gasteiger partial charge in [-0.3, -0.25) is 29.9 Å². The van der Waals surface area contributed by atoms with E-state index in [1.165, 1.54) is 6.20 Å². The van der Waals surface area contributed by atoms with Crippen LogP contribution in [0.1, 0.15) is 15.9 Å². The predicted octanol–water partition coefficient (Wildman–Crippen LogP) is 1.29. The van der Waals surface area contributed by atoms with Crippen molar-refractivity contribution >= 4 is 23.4 Å². The Morgan fingerprint density at radius 2 is 2.09 bits per heavy atom. The van der Waals surface area contributed by atoms with Crippen molar-refractivity contribution in [2.75, 3.05) is 59.7 Å². The van der Waals surface area contributed by atoms with Gasteiger partial charge in [0, 0.05) is 44.1 Å². The highest BCUT2D eigenvalue weighted by molar-refractivity contribution is 6.20. The van der Waals surface area contributed by atoms with Crippen LogP contribution in [0.15, 0.2) is 46.6 Å². The standard InChI is InChI=1S/C23H26N6O4/c1-31-20-18(33-14-11-28-9-12-32-13-10-28)5-4-17-19(20)26-23(29-8-7-25-21(17)29)27-22(30)16-3-2-6-24-15-16/h2-6,15H,7-14H2,1H3,(H,26,27,30). The third kappa shape index (κ3) is 4.39. The molecule has 0 atom stereocenters. The summed E-state index contributed by atoms with van der Waals surface area (Å²) in [5.41, 5.74) is 1.90. The first-order valence-corrected chi connectivity index (χ1v) is 11.0. The van der Waals surface area contributed by atoms with Crippen molar-refractivity contribution in [3.8, 4) is 11.5 Å². The van der Waals surface area contributed by atoms with Crippen LogP contribution in [0.4, 0.5) is 5.69 Å². The number of carbonyl (C=O) groups excluding carboxylic acids is 1. The second kappa shape index (κ2) is 9.55. The Balaban J connectivity index is 1.40. The monoisotopic (exact) mass is 450 g/mol. The third-order valence-electron chi connectivity index (χ3n) is 5.77. The maximum atomic E-state index is 12.8. The molecule has 172 valence electrons. The zero-order chi connectivity index (χ0) is 22.6. The average Bonchev–Trinajstić information content (AvgIpc) is 3.36. The van der Waals surface area contributed by atoms with Crippen LogP contribution in [0.2, 0.25) is 0 Å². The van der Waals surface area contributed by atoms with Crippen molar-refractivity contribution in [2.24, 2.45) is 9.98 Å². The van der Waals surface area contributed by atoms with Gasteiger partial charge in [0.2, 0.25) is 5.96 Å². The SMILES string of the molecule is COc1c(OCCN2CCOCC2)ccc2c1N=C(NC(=O)c1cccnc1)N1CCN=C21. The van der Waals surface area contributed by atoms with Crippen LogP contribution < -0.4 is 14.8 Å². The van der Waals surface area contributed by atoms with E-state index in [0.29, 0.717) is 48.4 Å². The number of amidine groups is 1. The number of hydrogen-bond acceptors (Lipinski definition) is 9. The fourth-order valence-corrected chi connectivity index (χ4v) is 4.08. The fourth-order valence-electron chi connectivity index (χ4n) is 4.08. The molecule has 1 amide bonds. The molecule has 0 spiro atoms. The number of pyridine rings is 1. The van der Waals surface area contributed by atoms with E-state index in [1.807, 2.05) is 17.0 Å². The van der Waals surface area contributed by atoms with Gasteiger partial charge in [-0.1, -0.05) is 0 Å². The molecule has 1 aromatic heterocycles. The van der Waals surface area contributed by atoms with Crippen molar-refractivity contribution in [1.82, 2.24) is 20.1 Å². The molecular weight excluding hydrogens is 424 g/mol. The zero-order valence-electron chi connectivity index (χ0n) is 18.5. The molecule has 10 heteroatoms. The molecule has 3 aliphatic rings. The first-order valence-electron chi connectivity index (χ1n) is 11.0. The van der Waals surface area contributed by atoms with Crippen molar-refractivity contribution in [2.45, 2.75) is 0 Å². The minimum atomic E-state index is -0.284. The second-order valence-corrected chi connectivity index (χ2v) is 7.78. The van der Waals surface area contributed by atoms with Crippen LogP contribution in [0.3, 0.4) is 0 Å². The lowest BCUT2D eigenvalue weighted by Crippen LogP contribution is -2.47. The topological polar surface area (TPSA) is 101 Å². The van der Waals surface area contributed by atoms with Gasteiger partial charge in [0.1, 0.15) is 18.1 Å². The molecule has 1 saturated heterocycles. The van der Waals surface area contributed by atoms with Crippen LogP contribution in [-0.4, -0.2) is 92.1 Å². The number of ether oxygens (including phenoxy) is 3. The second-order valence-electron chi connectivity index (χ2n) is 7.78. The van der Waals surface area contributed by atoms with E-state index in [1.54, 1.807) is 25.4 Å². The summed E-state index contributed by atoms with van der Waals surface area (Å²) >= 11 is 0. The lowest BCUT2D eigenvalue weighted by Gasteiger charge is -2.29. The first-order chi connectivity index (χ1) is 16.2. The van der Waals surface area contributed by atoms with Gasteiger partial charge in [0.05, 0.1) is 32.4 Å². The summed E-state index contributed by atoms with van der Waals surface area (Å²) in [5, 5.41) is 2.91. The number of rotatable bonds is 6. The Morgan fingerprint density at radius 3 is 2.88 bits per heavy atom. The summed E-state index contributed by atoms with van der Waals surface area (Å²) in [6, 6.07) is 7.27. The van der Waals surface area contributed by atoms with Gasteiger partial charge < -0.3 is 14.2 Å². The van der Waals surface area contributed by atoms with E-state index in [2.05, 4.69) is 20.2 Å². The predicted molar refractivity (Wildman–Crippen MR) is 123 cm³/mol. The fraction of sp³-hybridized carbons (Fsp3) is 0.391. The van der Waals surface area contributed by atoms with Crippen LogP contribution >= 0.6 is 0 Å². The highest BCUT2D eigenvalue weighted by atomic mass is 16.5. The van der Waals surface area contributed by atoms with Crippen LogP contribution in [0, 0.1) is 0 Å². The van der Waals surface area contributed by atoms with Crippen molar-refractivity contribution in [1.29, 1.82) is 0 Å². The van der Waals surface area contributed by atoms with Crippen molar-refractivity contribution in [3.63, 3.8) is 0 Å². The van der Waals surface area contributed by atoms with Gasteiger partial charge in [0.25, 0.3) is 5.91 Å². The highest BCUT2D eigenvalue weighted by Gasteiger charge is 2.33. The van der Waals surface area contributed by atoms with Crippen LogP contribution in [0.5, 0.6) is 11.5 Å². The largest absolute Gasteiger partial charge is 0.491 e. The number of carbonyl (C=O) groups is 1. The first kappa shape index (κ1) is 21.4. The lowest BCUT2D eigenvalue weighted by molar-refractivity contribution is 0.0321. The number of fused-ring (bicyclic) bond motifs is 3. The summed E-state index contributed by atoms with van der Waals surface area (Å²) < 4.78 is 17.2. The van der Waals surface area contributed by atoms with Gasteiger partial charge in [-0.2, -0.15) is 0 Å². The van der Waals surface area contributed by atoms with Gasteiger partial charge in [-0.25, -0.2) is 4.99 Å². The van der Waals surface area contributed by atoms with E-state index >= 15 is 0 Å². The highest BCUT2D eigenvalue weighted by Crippen LogP contribution is 2.43. The smallest absolute Gasteiger partial charge is 0.259 e. The minimum absolute atomic E-state index is 0.284. The molecule has 0 radical (unpaired) electrons. The molecule has 1 aromatic carbocycles. The number of nitrogens with zero attached hydrogens (tertiary/aromatic N) is 5. The molecule has 33 heavy (non-hydrogen) atoms. The van der Waals surface area contributed by atoms with E-state index in [0.717, 1.165) is 44.2 Å². The van der Waals surface area contributed by atoms with E-state index < -0.39 is 0 Å². The molecular formula is C23H26N6O4. The number of hydrogen-bond donors (Lipinski definition) is 1. The van der Waals surface area contributed by atoms with Crippen molar-refractivity contribution < 1.29 is 19.0 Å². The Morgan fingerprint density at radius 1 is 1.21 bits per heavy atom. The number of guanidine groups is 1. The van der Waals surface area contributed by atoms with Gasteiger partial charge in [-0.05, 0) is 24.3 Å². The summed E-state index contributed by atoms with van der Waals surface area (Å²) in [5.74, 6) is 2.03. The van der Waals surface area contributed by atoms with E-state index in [-0.39, 0.29) is 5.91 Å².